The number of ether oxygens (including phenoxy) is 1. The van der Waals surface area contributed by atoms with E-state index in [0.717, 1.165) is 12.2 Å². The molecule has 2 aromatic heterocycles. The first kappa shape index (κ1) is 11.2. The second-order valence-electron chi connectivity index (χ2n) is 4.41. The lowest BCUT2D eigenvalue weighted by molar-refractivity contribution is 0.457. The highest BCUT2D eigenvalue weighted by Gasteiger charge is 2.20. The predicted molar refractivity (Wildman–Crippen MR) is 68.4 cm³/mol. The minimum Gasteiger partial charge on any atom is -0.437 e. The van der Waals surface area contributed by atoms with Crippen molar-refractivity contribution < 1.29 is 4.74 Å². The number of rotatable bonds is 5. The van der Waals surface area contributed by atoms with Gasteiger partial charge in [-0.1, -0.05) is 6.07 Å². The zero-order valence-corrected chi connectivity index (χ0v) is 10.0. The predicted octanol–water partition coefficient (Wildman–Crippen LogP) is 2.52. The van der Waals surface area contributed by atoms with Crippen LogP contribution in [-0.4, -0.2) is 16.0 Å². The van der Waals surface area contributed by atoms with E-state index in [-0.39, 0.29) is 0 Å². The van der Waals surface area contributed by atoms with Gasteiger partial charge in [-0.15, -0.1) is 0 Å². The molecule has 0 spiro atoms. The van der Waals surface area contributed by atoms with Crippen LogP contribution in [0.5, 0.6) is 11.6 Å². The molecule has 0 unspecified atom stereocenters. The molecule has 0 saturated heterocycles. The van der Waals surface area contributed by atoms with Gasteiger partial charge >= 0.3 is 0 Å². The first-order chi connectivity index (χ1) is 8.90. The van der Waals surface area contributed by atoms with E-state index in [1.54, 1.807) is 12.4 Å². The topological polar surface area (TPSA) is 47.0 Å². The maximum Gasteiger partial charge on any atom is 0.219 e. The molecule has 1 saturated carbocycles. The van der Waals surface area contributed by atoms with Crippen molar-refractivity contribution in [2.75, 3.05) is 0 Å². The van der Waals surface area contributed by atoms with E-state index in [1.165, 1.54) is 12.8 Å². The van der Waals surface area contributed by atoms with Crippen molar-refractivity contribution in [2.45, 2.75) is 25.4 Å². The SMILES string of the molecule is c1cncc(Oc2cccc(CNC3CC3)n2)c1. The van der Waals surface area contributed by atoms with Gasteiger partial charge in [-0.25, -0.2) is 4.98 Å². The zero-order chi connectivity index (χ0) is 12.2. The Kier molecular flexibility index (Phi) is 3.19. The molecule has 4 nitrogen and oxygen atoms in total. The lowest BCUT2D eigenvalue weighted by atomic mass is 10.3. The summed E-state index contributed by atoms with van der Waals surface area (Å²) in [6.45, 7) is 0.801. The fourth-order valence-corrected chi connectivity index (χ4v) is 1.68. The molecule has 4 heteroatoms. The molecule has 1 aliphatic carbocycles. The molecular formula is C14H15N3O. The van der Waals surface area contributed by atoms with Gasteiger partial charge in [0.15, 0.2) is 0 Å². The van der Waals surface area contributed by atoms with Crippen LogP contribution in [0.15, 0.2) is 42.7 Å². The van der Waals surface area contributed by atoms with Crippen LogP contribution in [0.4, 0.5) is 0 Å². The smallest absolute Gasteiger partial charge is 0.219 e. The van der Waals surface area contributed by atoms with Crippen LogP contribution in [0.3, 0.4) is 0 Å². The quantitative estimate of drug-likeness (QED) is 0.873. The second kappa shape index (κ2) is 5.14. The first-order valence-electron chi connectivity index (χ1n) is 6.17. The molecule has 92 valence electrons. The summed E-state index contributed by atoms with van der Waals surface area (Å²) in [6.07, 6.45) is 5.96. The third kappa shape index (κ3) is 3.05. The Bertz CT molecular complexity index is 511. The maximum absolute atomic E-state index is 5.64. The van der Waals surface area contributed by atoms with Crippen molar-refractivity contribution in [1.82, 2.24) is 15.3 Å². The molecule has 0 atom stereocenters. The molecule has 0 aliphatic heterocycles. The van der Waals surface area contributed by atoms with E-state index >= 15 is 0 Å². The Labute approximate surface area is 106 Å². The average molecular weight is 241 g/mol. The number of nitrogens with one attached hydrogen (secondary N) is 1. The van der Waals surface area contributed by atoms with Crippen LogP contribution >= 0.6 is 0 Å². The van der Waals surface area contributed by atoms with Gasteiger partial charge in [0.25, 0.3) is 0 Å². The number of hydrogen-bond donors (Lipinski definition) is 1. The molecule has 2 aromatic rings. The van der Waals surface area contributed by atoms with Crippen LogP contribution in [0.25, 0.3) is 0 Å². The second-order valence-corrected chi connectivity index (χ2v) is 4.41. The van der Waals surface area contributed by atoms with Gasteiger partial charge in [0, 0.05) is 24.8 Å². The van der Waals surface area contributed by atoms with Crippen molar-refractivity contribution in [3.05, 3.63) is 48.4 Å². The van der Waals surface area contributed by atoms with E-state index < -0.39 is 0 Å². The van der Waals surface area contributed by atoms with Crippen molar-refractivity contribution in [3.8, 4) is 11.6 Å². The third-order valence-electron chi connectivity index (χ3n) is 2.79. The Morgan fingerprint density at radius 1 is 1.22 bits per heavy atom. The average Bonchev–Trinajstić information content (AvgIpc) is 3.22. The Balaban J connectivity index is 1.66. The van der Waals surface area contributed by atoms with Gasteiger partial charge in [0.1, 0.15) is 5.75 Å². The van der Waals surface area contributed by atoms with Crippen LogP contribution in [0.1, 0.15) is 18.5 Å². The van der Waals surface area contributed by atoms with E-state index in [4.69, 9.17) is 4.74 Å². The molecule has 0 amide bonds. The molecule has 0 radical (unpaired) electrons. The number of hydrogen-bond acceptors (Lipinski definition) is 4. The van der Waals surface area contributed by atoms with E-state index in [9.17, 15) is 0 Å². The molecule has 0 bridgehead atoms. The van der Waals surface area contributed by atoms with Crippen molar-refractivity contribution >= 4 is 0 Å². The molecule has 18 heavy (non-hydrogen) atoms. The summed E-state index contributed by atoms with van der Waals surface area (Å²) >= 11 is 0. The van der Waals surface area contributed by atoms with Crippen molar-refractivity contribution in [1.29, 1.82) is 0 Å². The molecular weight excluding hydrogens is 226 g/mol. The number of nitrogens with zero attached hydrogens (tertiary/aromatic N) is 2. The molecule has 1 aliphatic rings. The lowest BCUT2D eigenvalue weighted by Gasteiger charge is -2.06. The highest BCUT2D eigenvalue weighted by molar-refractivity contribution is 5.24. The third-order valence-corrected chi connectivity index (χ3v) is 2.79. The highest BCUT2D eigenvalue weighted by Crippen LogP contribution is 2.20. The summed E-state index contributed by atoms with van der Waals surface area (Å²) in [6, 6.07) is 10.2. The van der Waals surface area contributed by atoms with Crippen LogP contribution in [0.2, 0.25) is 0 Å². The zero-order valence-electron chi connectivity index (χ0n) is 10.0. The van der Waals surface area contributed by atoms with Crippen molar-refractivity contribution in [3.63, 3.8) is 0 Å². The van der Waals surface area contributed by atoms with Crippen molar-refractivity contribution in [2.24, 2.45) is 0 Å². The van der Waals surface area contributed by atoms with Gasteiger partial charge < -0.3 is 10.1 Å². The summed E-state index contributed by atoms with van der Waals surface area (Å²) in [5, 5.41) is 3.43. The fourth-order valence-electron chi connectivity index (χ4n) is 1.68. The highest BCUT2D eigenvalue weighted by atomic mass is 16.5. The molecule has 3 rings (SSSR count). The lowest BCUT2D eigenvalue weighted by Crippen LogP contribution is -2.16. The Morgan fingerprint density at radius 3 is 2.94 bits per heavy atom. The molecule has 1 N–H and O–H groups in total. The monoisotopic (exact) mass is 241 g/mol. The van der Waals surface area contributed by atoms with E-state index in [0.29, 0.717) is 17.7 Å². The van der Waals surface area contributed by atoms with Gasteiger partial charge in [-0.05, 0) is 31.0 Å². The Hall–Kier alpha value is -1.94. The number of aromatic nitrogens is 2. The maximum atomic E-state index is 5.64. The van der Waals surface area contributed by atoms with E-state index in [2.05, 4.69) is 15.3 Å². The standard InChI is InChI=1S/C14H15N3O/c1-3-12(9-16-11-6-7-11)17-14(5-1)18-13-4-2-8-15-10-13/h1-5,8,10-11,16H,6-7,9H2. The molecule has 2 heterocycles. The van der Waals surface area contributed by atoms with Gasteiger partial charge in [0.05, 0.1) is 11.9 Å². The molecule has 1 fully saturated rings. The summed E-state index contributed by atoms with van der Waals surface area (Å²) in [4.78, 5) is 8.46. The van der Waals surface area contributed by atoms with Crippen LogP contribution in [0, 0.1) is 0 Å². The van der Waals surface area contributed by atoms with Crippen LogP contribution in [-0.2, 0) is 6.54 Å². The van der Waals surface area contributed by atoms with E-state index in [1.807, 2.05) is 30.3 Å². The summed E-state index contributed by atoms with van der Waals surface area (Å²) < 4.78 is 5.64. The first-order valence-corrected chi connectivity index (χ1v) is 6.17. The van der Waals surface area contributed by atoms with Crippen LogP contribution < -0.4 is 10.1 Å². The largest absolute Gasteiger partial charge is 0.437 e. The van der Waals surface area contributed by atoms with Gasteiger partial charge in [-0.2, -0.15) is 0 Å². The van der Waals surface area contributed by atoms with Gasteiger partial charge in [0.2, 0.25) is 5.88 Å². The summed E-state index contributed by atoms with van der Waals surface area (Å²) in [5.74, 6) is 1.32. The normalized spacial score (nSPS) is 14.4. The minimum atomic E-state index is 0.609. The minimum absolute atomic E-state index is 0.609. The fraction of sp³-hybridized carbons (Fsp3) is 0.286. The Morgan fingerprint density at radius 2 is 2.17 bits per heavy atom. The molecule has 0 aromatic carbocycles. The summed E-state index contributed by atoms with van der Waals surface area (Å²) in [7, 11) is 0. The summed E-state index contributed by atoms with van der Waals surface area (Å²) in [5.41, 5.74) is 1.00. The van der Waals surface area contributed by atoms with Gasteiger partial charge in [-0.3, -0.25) is 4.98 Å². The number of pyridine rings is 2.